The standard InChI is InChI=1S/C15H11BrN4O2S/c16-10-6-12(23-9-10)7-17-18-15(22)14-13(21)8-20(19-14)11-4-2-1-3-5-11/h1-9,21H,(H,18,22)/b17-7+. The van der Waals surface area contributed by atoms with Crippen molar-refractivity contribution in [3.05, 3.63) is 63.0 Å². The van der Waals surface area contributed by atoms with Crippen molar-refractivity contribution in [3.63, 3.8) is 0 Å². The fourth-order valence-corrected chi connectivity index (χ4v) is 3.15. The second-order valence-corrected chi connectivity index (χ2v) is 6.37. The van der Waals surface area contributed by atoms with Gasteiger partial charge < -0.3 is 5.11 Å². The Morgan fingerprint density at radius 3 is 2.87 bits per heavy atom. The fourth-order valence-electron chi connectivity index (χ4n) is 1.84. The third kappa shape index (κ3) is 3.66. The second kappa shape index (κ2) is 6.76. The molecule has 1 amide bonds. The molecule has 2 aromatic heterocycles. The monoisotopic (exact) mass is 390 g/mol. The fraction of sp³-hybridized carbons (Fsp3) is 0. The zero-order valence-corrected chi connectivity index (χ0v) is 14.1. The minimum atomic E-state index is -0.580. The average molecular weight is 391 g/mol. The van der Waals surface area contributed by atoms with Gasteiger partial charge in [-0.1, -0.05) is 18.2 Å². The number of carbonyl (C=O) groups is 1. The zero-order valence-electron chi connectivity index (χ0n) is 11.7. The van der Waals surface area contributed by atoms with Gasteiger partial charge >= 0.3 is 0 Å². The number of halogens is 1. The van der Waals surface area contributed by atoms with E-state index >= 15 is 0 Å². The maximum absolute atomic E-state index is 12.0. The summed E-state index contributed by atoms with van der Waals surface area (Å²) in [5, 5.41) is 19.7. The average Bonchev–Trinajstić information content (AvgIpc) is 3.14. The van der Waals surface area contributed by atoms with Gasteiger partial charge in [0.1, 0.15) is 0 Å². The number of benzene rings is 1. The molecule has 3 aromatic rings. The number of rotatable bonds is 4. The van der Waals surface area contributed by atoms with Crippen LogP contribution < -0.4 is 5.43 Å². The summed E-state index contributed by atoms with van der Waals surface area (Å²) in [6.07, 6.45) is 2.91. The van der Waals surface area contributed by atoms with E-state index < -0.39 is 5.91 Å². The van der Waals surface area contributed by atoms with E-state index in [9.17, 15) is 9.90 Å². The highest BCUT2D eigenvalue weighted by Gasteiger charge is 2.16. The van der Waals surface area contributed by atoms with Gasteiger partial charge in [-0.05, 0) is 34.1 Å². The molecule has 1 aromatic carbocycles. The Kier molecular flexibility index (Phi) is 4.54. The van der Waals surface area contributed by atoms with Crippen LogP contribution in [0.25, 0.3) is 5.69 Å². The number of amides is 1. The van der Waals surface area contributed by atoms with Crippen molar-refractivity contribution in [1.29, 1.82) is 0 Å². The van der Waals surface area contributed by atoms with E-state index in [0.29, 0.717) is 0 Å². The number of aromatic hydroxyl groups is 1. The lowest BCUT2D eigenvalue weighted by molar-refractivity contribution is 0.0947. The van der Waals surface area contributed by atoms with Crippen molar-refractivity contribution in [2.45, 2.75) is 0 Å². The summed E-state index contributed by atoms with van der Waals surface area (Å²) in [5.74, 6) is -0.788. The zero-order chi connectivity index (χ0) is 16.2. The SMILES string of the molecule is O=C(N/N=C/c1cc(Br)cs1)c1nn(-c2ccccc2)cc1O. The molecule has 23 heavy (non-hydrogen) atoms. The number of aromatic nitrogens is 2. The normalized spacial score (nSPS) is 11.0. The van der Waals surface area contributed by atoms with E-state index in [1.54, 1.807) is 0 Å². The summed E-state index contributed by atoms with van der Waals surface area (Å²) in [6, 6.07) is 11.1. The van der Waals surface area contributed by atoms with E-state index in [1.165, 1.54) is 28.4 Å². The number of hydrazone groups is 1. The lowest BCUT2D eigenvalue weighted by Gasteiger charge is -1.99. The molecular formula is C15H11BrN4O2S. The summed E-state index contributed by atoms with van der Waals surface area (Å²) in [6.45, 7) is 0. The molecule has 0 radical (unpaired) electrons. The Morgan fingerprint density at radius 2 is 2.17 bits per heavy atom. The molecule has 0 saturated heterocycles. The predicted octanol–water partition coefficient (Wildman–Crippen LogP) is 3.17. The van der Waals surface area contributed by atoms with Crippen molar-refractivity contribution < 1.29 is 9.90 Å². The summed E-state index contributed by atoms with van der Waals surface area (Å²) >= 11 is 4.82. The van der Waals surface area contributed by atoms with Gasteiger partial charge in [-0.2, -0.15) is 10.2 Å². The molecule has 0 unspecified atom stereocenters. The highest BCUT2D eigenvalue weighted by Crippen LogP contribution is 2.19. The molecule has 0 atom stereocenters. The van der Waals surface area contributed by atoms with Gasteiger partial charge in [-0.3, -0.25) is 4.79 Å². The van der Waals surface area contributed by atoms with Crippen LogP contribution in [0.1, 0.15) is 15.4 Å². The molecule has 0 saturated carbocycles. The third-order valence-electron chi connectivity index (χ3n) is 2.88. The van der Waals surface area contributed by atoms with Crippen LogP contribution in [0.15, 0.2) is 57.5 Å². The van der Waals surface area contributed by atoms with Crippen molar-refractivity contribution in [2.75, 3.05) is 0 Å². The lowest BCUT2D eigenvalue weighted by Crippen LogP contribution is -2.18. The first-order chi connectivity index (χ1) is 11.1. The van der Waals surface area contributed by atoms with Crippen LogP contribution in [0, 0.1) is 0 Å². The molecule has 0 bridgehead atoms. The van der Waals surface area contributed by atoms with Crippen LogP contribution in [0.4, 0.5) is 0 Å². The van der Waals surface area contributed by atoms with Gasteiger partial charge in [0.25, 0.3) is 5.91 Å². The number of nitrogens with zero attached hydrogens (tertiary/aromatic N) is 3. The number of hydrogen-bond acceptors (Lipinski definition) is 5. The summed E-state index contributed by atoms with van der Waals surface area (Å²) in [5.41, 5.74) is 3.01. The van der Waals surface area contributed by atoms with Crippen LogP contribution in [-0.4, -0.2) is 27.0 Å². The first-order valence-corrected chi connectivity index (χ1v) is 8.22. The summed E-state index contributed by atoms with van der Waals surface area (Å²) in [7, 11) is 0. The van der Waals surface area contributed by atoms with Crippen LogP contribution in [0.3, 0.4) is 0 Å². The number of carbonyl (C=O) groups excluding carboxylic acids is 1. The van der Waals surface area contributed by atoms with Gasteiger partial charge in [0, 0.05) is 14.7 Å². The Bertz CT molecular complexity index is 858. The Morgan fingerprint density at radius 1 is 1.39 bits per heavy atom. The van der Waals surface area contributed by atoms with Gasteiger partial charge in [-0.25, -0.2) is 10.1 Å². The minimum absolute atomic E-state index is 0.0848. The highest BCUT2D eigenvalue weighted by molar-refractivity contribution is 9.10. The first-order valence-electron chi connectivity index (χ1n) is 6.55. The molecule has 6 nitrogen and oxygen atoms in total. The van der Waals surface area contributed by atoms with E-state index in [1.807, 2.05) is 41.8 Å². The van der Waals surface area contributed by atoms with Gasteiger partial charge in [0.2, 0.25) is 0 Å². The summed E-state index contributed by atoms with van der Waals surface area (Å²) in [4.78, 5) is 12.9. The smallest absolute Gasteiger partial charge is 0.295 e. The molecule has 8 heteroatoms. The van der Waals surface area contributed by atoms with E-state index in [-0.39, 0.29) is 11.4 Å². The van der Waals surface area contributed by atoms with Crippen molar-refractivity contribution >= 4 is 39.4 Å². The molecule has 0 spiro atoms. The number of nitrogens with one attached hydrogen (secondary N) is 1. The quantitative estimate of drug-likeness (QED) is 0.530. The molecule has 3 rings (SSSR count). The van der Waals surface area contributed by atoms with Crippen molar-refractivity contribution in [3.8, 4) is 11.4 Å². The molecule has 0 aliphatic heterocycles. The van der Waals surface area contributed by atoms with Crippen molar-refractivity contribution in [1.82, 2.24) is 15.2 Å². The number of para-hydroxylation sites is 1. The number of thiophene rings is 1. The molecular weight excluding hydrogens is 380 g/mol. The Labute approximate surface area is 144 Å². The van der Waals surface area contributed by atoms with Crippen molar-refractivity contribution in [2.24, 2.45) is 5.10 Å². The van der Waals surface area contributed by atoms with Gasteiger partial charge in [0.05, 0.1) is 18.1 Å². The van der Waals surface area contributed by atoms with Gasteiger partial charge in [0.15, 0.2) is 11.4 Å². The molecule has 116 valence electrons. The van der Waals surface area contributed by atoms with Gasteiger partial charge in [-0.15, -0.1) is 11.3 Å². The molecule has 2 N–H and O–H groups in total. The summed E-state index contributed by atoms with van der Waals surface area (Å²) < 4.78 is 2.39. The molecule has 0 aliphatic rings. The first kappa shape index (κ1) is 15.4. The molecule has 0 fully saturated rings. The number of hydrogen-bond donors (Lipinski definition) is 2. The van der Waals surface area contributed by atoms with Crippen LogP contribution in [0.2, 0.25) is 0 Å². The topological polar surface area (TPSA) is 79.5 Å². The van der Waals surface area contributed by atoms with E-state index in [2.05, 4.69) is 31.6 Å². The lowest BCUT2D eigenvalue weighted by atomic mass is 10.3. The predicted molar refractivity (Wildman–Crippen MR) is 92.3 cm³/mol. The van der Waals surface area contributed by atoms with Crippen LogP contribution in [0.5, 0.6) is 5.75 Å². The highest BCUT2D eigenvalue weighted by atomic mass is 79.9. The Hall–Kier alpha value is -2.45. The van der Waals surface area contributed by atoms with E-state index in [0.717, 1.165) is 15.0 Å². The van der Waals surface area contributed by atoms with Crippen LogP contribution >= 0.6 is 27.3 Å². The second-order valence-electron chi connectivity index (χ2n) is 4.51. The largest absolute Gasteiger partial charge is 0.504 e. The molecule has 0 aliphatic carbocycles. The Balaban J connectivity index is 1.73. The van der Waals surface area contributed by atoms with Crippen LogP contribution in [-0.2, 0) is 0 Å². The maximum Gasteiger partial charge on any atom is 0.295 e. The minimum Gasteiger partial charge on any atom is -0.504 e. The third-order valence-corrected chi connectivity index (χ3v) is 4.50. The van der Waals surface area contributed by atoms with E-state index in [4.69, 9.17) is 0 Å². The maximum atomic E-state index is 12.0. The molecule has 2 heterocycles.